The third-order valence-electron chi connectivity index (χ3n) is 4.62. The maximum Gasteiger partial charge on any atom is 0.364 e. The molecule has 0 bridgehead atoms. The molecule has 2 aromatic carbocycles. The van der Waals surface area contributed by atoms with Gasteiger partial charge >= 0.3 is 5.25 Å². The van der Waals surface area contributed by atoms with Crippen LogP contribution in [0.3, 0.4) is 0 Å². The van der Waals surface area contributed by atoms with Gasteiger partial charge in [-0.05, 0) is 24.3 Å². The van der Waals surface area contributed by atoms with E-state index < -0.39 is 49.4 Å². The standard InChI is InChI=1S/C16H11ClF3NO4S/c17-7-3-8(18)5-9(4-7)25-11-1-2-12-14-13(11)10(22)6-15(14,23)16(19,20)26(12,21)24/h1-5,10,21-23H,6H2. The van der Waals surface area contributed by atoms with Crippen molar-refractivity contribution in [3.8, 4) is 11.5 Å². The Balaban J connectivity index is 1.92. The predicted octanol–water partition coefficient (Wildman–Crippen LogP) is 3.91. The van der Waals surface area contributed by atoms with E-state index in [0.29, 0.717) is 0 Å². The maximum absolute atomic E-state index is 14.5. The fourth-order valence-corrected chi connectivity index (χ4v) is 5.48. The molecule has 3 N–H and O–H groups in total. The van der Waals surface area contributed by atoms with Crippen LogP contribution in [0.25, 0.3) is 0 Å². The largest absolute Gasteiger partial charge is 0.457 e. The van der Waals surface area contributed by atoms with Crippen LogP contribution in [-0.2, 0) is 15.3 Å². The highest BCUT2D eigenvalue weighted by molar-refractivity contribution is 7.94. The van der Waals surface area contributed by atoms with Crippen molar-refractivity contribution in [2.75, 3.05) is 0 Å². The Morgan fingerprint density at radius 1 is 1.31 bits per heavy atom. The minimum atomic E-state index is -4.62. The molecule has 2 aliphatic rings. The van der Waals surface area contributed by atoms with Crippen molar-refractivity contribution in [2.24, 2.45) is 0 Å². The highest BCUT2D eigenvalue weighted by Gasteiger charge is 2.72. The number of aliphatic hydroxyl groups is 2. The van der Waals surface area contributed by atoms with Crippen molar-refractivity contribution in [1.29, 1.82) is 4.78 Å². The minimum Gasteiger partial charge on any atom is -0.457 e. The van der Waals surface area contributed by atoms with Crippen LogP contribution in [0.5, 0.6) is 11.5 Å². The number of halogens is 4. The Hall–Kier alpha value is -1.81. The normalized spacial score (nSPS) is 31.1. The average molecular weight is 406 g/mol. The molecule has 0 saturated carbocycles. The molecule has 0 spiro atoms. The van der Waals surface area contributed by atoms with Crippen molar-refractivity contribution < 1.29 is 32.3 Å². The minimum absolute atomic E-state index is 0.0374. The summed E-state index contributed by atoms with van der Waals surface area (Å²) in [4.78, 5) is -0.541. The predicted molar refractivity (Wildman–Crippen MR) is 85.5 cm³/mol. The second-order valence-corrected chi connectivity index (χ2v) is 8.71. The summed E-state index contributed by atoms with van der Waals surface area (Å²) < 4.78 is 67.8. The molecule has 2 aromatic rings. The van der Waals surface area contributed by atoms with Gasteiger partial charge in [-0.3, -0.25) is 0 Å². The first-order valence-corrected chi connectivity index (χ1v) is 9.30. The number of ether oxygens (including phenoxy) is 1. The first-order chi connectivity index (χ1) is 12.0. The van der Waals surface area contributed by atoms with E-state index in [-0.39, 0.29) is 22.1 Å². The summed E-state index contributed by atoms with van der Waals surface area (Å²) in [5.74, 6) is -0.866. The van der Waals surface area contributed by atoms with E-state index in [0.717, 1.165) is 24.3 Å². The molecule has 0 saturated heterocycles. The number of alkyl halides is 2. The van der Waals surface area contributed by atoms with Crippen molar-refractivity contribution in [2.45, 2.75) is 28.3 Å². The van der Waals surface area contributed by atoms with Crippen molar-refractivity contribution in [1.82, 2.24) is 0 Å². The third kappa shape index (κ3) is 2.02. The Morgan fingerprint density at radius 2 is 2.00 bits per heavy atom. The van der Waals surface area contributed by atoms with Crippen LogP contribution in [0.15, 0.2) is 35.2 Å². The molecule has 0 aromatic heterocycles. The van der Waals surface area contributed by atoms with E-state index in [1.807, 2.05) is 0 Å². The first-order valence-electron chi connectivity index (χ1n) is 7.37. The van der Waals surface area contributed by atoms with Gasteiger partial charge in [-0.1, -0.05) is 11.6 Å². The molecule has 1 heterocycles. The van der Waals surface area contributed by atoms with Crippen LogP contribution in [0.2, 0.25) is 5.02 Å². The van der Waals surface area contributed by atoms with Crippen LogP contribution in [0.4, 0.5) is 13.2 Å². The van der Waals surface area contributed by atoms with Crippen molar-refractivity contribution >= 4 is 21.3 Å². The summed E-state index contributed by atoms with van der Waals surface area (Å²) in [5, 5.41) is 16.5. The molecular weight excluding hydrogens is 395 g/mol. The number of rotatable bonds is 2. The lowest BCUT2D eigenvalue weighted by Gasteiger charge is -2.26. The van der Waals surface area contributed by atoms with Gasteiger partial charge in [0.25, 0.3) is 0 Å². The molecule has 26 heavy (non-hydrogen) atoms. The van der Waals surface area contributed by atoms with Crippen LogP contribution in [-0.4, -0.2) is 19.7 Å². The maximum atomic E-state index is 14.5. The SMILES string of the molecule is N=S1(=O)c2ccc(Oc3cc(F)cc(Cl)c3)c3c2C(O)(CC3O)C1(F)F. The zero-order valence-electron chi connectivity index (χ0n) is 12.8. The van der Waals surface area contributed by atoms with Crippen LogP contribution < -0.4 is 4.74 Å². The van der Waals surface area contributed by atoms with Gasteiger partial charge in [0.15, 0.2) is 5.60 Å². The van der Waals surface area contributed by atoms with Gasteiger partial charge in [0.1, 0.15) is 27.0 Å². The number of hydrogen-bond acceptors (Lipinski definition) is 5. The summed E-state index contributed by atoms with van der Waals surface area (Å²) in [5.41, 5.74) is -3.59. The molecule has 3 atom stereocenters. The summed E-state index contributed by atoms with van der Waals surface area (Å²) in [6, 6.07) is 5.47. The van der Waals surface area contributed by atoms with E-state index in [1.54, 1.807) is 0 Å². The summed E-state index contributed by atoms with van der Waals surface area (Å²) in [6.07, 6.45) is -2.36. The van der Waals surface area contributed by atoms with E-state index >= 15 is 0 Å². The molecule has 5 nitrogen and oxygen atoms in total. The lowest BCUT2D eigenvalue weighted by atomic mass is 9.96. The van der Waals surface area contributed by atoms with E-state index in [2.05, 4.69) is 0 Å². The van der Waals surface area contributed by atoms with Gasteiger partial charge < -0.3 is 14.9 Å². The lowest BCUT2D eigenvalue weighted by molar-refractivity contribution is -0.135. The highest BCUT2D eigenvalue weighted by atomic mass is 35.5. The molecule has 0 amide bonds. The topological polar surface area (TPSA) is 90.6 Å². The smallest absolute Gasteiger partial charge is 0.364 e. The van der Waals surface area contributed by atoms with Crippen molar-refractivity contribution in [3.05, 3.63) is 52.3 Å². The summed E-state index contributed by atoms with van der Waals surface area (Å²) in [6.45, 7) is 0. The lowest BCUT2D eigenvalue weighted by Crippen LogP contribution is -2.43. The zero-order chi connectivity index (χ0) is 19.1. The van der Waals surface area contributed by atoms with Gasteiger partial charge in [0.05, 0.1) is 11.0 Å². The van der Waals surface area contributed by atoms with E-state index in [1.165, 1.54) is 6.07 Å². The van der Waals surface area contributed by atoms with Gasteiger partial charge in [-0.2, -0.15) is 8.78 Å². The number of aliphatic hydroxyl groups excluding tert-OH is 1. The fraction of sp³-hybridized carbons (Fsp3) is 0.250. The molecule has 10 heteroatoms. The van der Waals surface area contributed by atoms with Crippen LogP contribution in [0, 0.1) is 10.6 Å². The summed E-state index contributed by atoms with van der Waals surface area (Å²) in [7, 11) is -4.62. The average Bonchev–Trinajstić information content (AvgIpc) is 2.84. The molecule has 0 fully saturated rings. The van der Waals surface area contributed by atoms with Crippen LogP contribution in [0.1, 0.15) is 23.7 Å². The second-order valence-electron chi connectivity index (χ2n) is 6.21. The van der Waals surface area contributed by atoms with Crippen molar-refractivity contribution in [3.63, 3.8) is 0 Å². The Morgan fingerprint density at radius 3 is 2.65 bits per heavy atom. The third-order valence-corrected chi connectivity index (χ3v) is 6.86. The van der Waals surface area contributed by atoms with E-state index in [4.69, 9.17) is 21.1 Å². The molecule has 138 valence electrons. The number of hydrogen-bond donors (Lipinski definition) is 3. The van der Waals surface area contributed by atoms with Gasteiger partial charge in [0, 0.05) is 28.6 Å². The second kappa shape index (κ2) is 5.13. The van der Waals surface area contributed by atoms with Gasteiger partial charge in [-0.25, -0.2) is 13.4 Å². The molecule has 1 aliphatic carbocycles. The number of nitrogens with one attached hydrogen (secondary N) is 1. The Bertz CT molecular complexity index is 1040. The molecule has 3 unspecified atom stereocenters. The highest BCUT2D eigenvalue weighted by Crippen LogP contribution is 2.63. The quantitative estimate of drug-likeness (QED) is 0.706. The fourth-order valence-electron chi connectivity index (χ4n) is 3.50. The first kappa shape index (κ1) is 17.6. The monoisotopic (exact) mass is 405 g/mol. The zero-order valence-corrected chi connectivity index (χ0v) is 14.4. The molecular formula is C16H11ClF3NO4S. The van der Waals surface area contributed by atoms with Crippen LogP contribution >= 0.6 is 11.6 Å². The Kier molecular flexibility index (Phi) is 3.47. The molecule has 1 aliphatic heterocycles. The summed E-state index contributed by atoms with van der Waals surface area (Å²) >= 11 is 5.75. The number of benzene rings is 2. The van der Waals surface area contributed by atoms with E-state index in [9.17, 15) is 27.6 Å². The van der Waals surface area contributed by atoms with Gasteiger partial charge in [0.2, 0.25) is 0 Å². The van der Waals surface area contributed by atoms with Gasteiger partial charge in [-0.15, -0.1) is 0 Å². The molecule has 0 radical (unpaired) electrons. The Labute approximate surface area is 151 Å². The molecule has 4 rings (SSSR count).